The Labute approximate surface area is 60.3 Å². The zero-order valence-corrected chi connectivity index (χ0v) is 6.38. The van der Waals surface area contributed by atoms with E-state index in [4.69, 9.17) is 0 Å². The summed E-state index contributed by atoms with van der Waals surface area (Å²) >= 11 is 0. The fraction of sp³-hybridized carbons (Fsp3) is 0. The van der Waals surface area contributed by atoms with Crippen LogP contribution in [0.1, 0.15) is 0 Å². The Balaban J connectivity index is 0.000000490. The van der Waals surface area contributed by atoms with Gasteiger partial charge in [0.25, 0.3) is 0 Å². The molecule has 3 heteroatoms. The molecule has 0 fully saturated rings. The first kappa shape index (κ1) is 7.69. The Morgan fingerprint density at radius 3 is 2.00 bits per heavy atom. The van der Waals surface area contributed by atoms with E-state index in [2.05, 4.69) is 4.98 Å². The molecule has 0 aliphatic heterocycles. The number of hydrogen-bond acceptors (Lipinski definition) is 1. The van der Waals surface area contributed by atoms with Crippen LogP contribution in [0, 0.1) is 0 Å². The molecule has 0 aromatic carbocycles. The molecular weight excluding hydrogens is 165 g/mol. The fourth-order valence-electron chi connectivity index (χ4n) is 0.426. The van der Waals surface area contributed by atoms with Crippen LogP contribution in [0.15, 0.2) is 24.5 Å². The molecule has 0 saturated carbocycles. The van der Waals surface area contributed by atoms with E-state index in [0.717, 1.165) is 0 Å². The summed E-state index contributed by atoms with van der Waals surface area (Å²) < 4.78 is 0. The van der Waals surface area contributed by atoms with Gasteiger partial charge in [0.15, 0.2) is 0 Å². The third kappa shape index (κ3) is 2.12. The second-order valence-corrected chi connectivity index (χ2v) is 1.52. The molecule has 0 spiro atoms. The van der Waals surface area contributed by atoms with Gasteiger partial charge in [-0.3, -0.25) is 4.98 Å². The lowest BCUT2D eigenvalue weighted by Crippen LogP contribution is -1.98. The highest BCUT2D eigenvalue weighted by atomic mass is 79.9. The van der Waals surface area contributed by atoms with Crippen molar-refractivity contribution in [3.05, 3.63) is 24.5 Å². The second kappa shape index (κ2) is 3.67. The van der Waals surface area contributed by atoms with Crippen LogP contribution in [0.5, 0.6) is 0 Å². The molecule has 1 nitrogen and oxygen atoms in total. The lowest BCUT2D eigenvalue weighted by molar-refractivity contribution is 1.34. The molecule has 0 amide bonds. The minimum absolute atomic E-state index is 0. The maximum absolute atomic E-state index is 3.85. The van der Waals surface area contributed by atoms with Crippen LogP contribution in [0.4, 0.5) is 0 Å². The van der Waals surface area contributed by atoms with Gasteiger partial charge in [-0.15, -0.1) is 17.0 Å². The van der Waals surface area contributed by atoms with Crippen LogP contribution in [0.3, 0.4) is 0 Å². The van der Waals surface area contributed by atoms with Gasteiger partial charge in [-0.1, -0.05) is 17.6 Å². The number of rotatable bonds is 0. The molecule has 8 heavy (non-hydrogen) atoms. The molecule has 0 aliphatic carbocycles. The first-order valence-corrected chi connectivity index (χ1v) is 2.26. The van der Waals surface area contributed by atoms with Crippen molar-refractivity contribution in [2.24, 2.45) is 0 Å². The molecule has 1 heterocycles. The van der Waals surface area contributed by atoms with Crippen LogP contribution in [0.2, 0.25) is 0 Å². The minimum Gasteiger partial charge on any atom is -0.265 e. The van der Waals surface area contributed by atoms with Crippen LogP contribution in [-0.4, -0.2) is 12.8 Å². The van der Waals surface area contributed by atoms with Gasteiger partial charge in [-0.2, -0.15) is 0 Å². The molecule has 1 aromatic heterocycles. The molecule has 0 N–H and O–H groups in total. The zero-order valence-electron chi connectivity index (χ0n) is 4.66. The van der Waals surface area contributed by atoms with Gasteiger partial charge in [0.1, 0.15) is 7.85 Å². The van der Waals surface area contributed by atoms with Crippen LogP contribution >= 0.6 is 17.0 Å². The third-order valence-corrected chi connectivity index (χ3v) is 0.847. The van der Waals surface area contributed by atoms with Gasteiger partial charge in [-0.05, 0) is 0 Å². The van der Waals surface area contributed by atoms with Crippen molar-refractivity contribution in [3.8, 4) is 0 Å². The average Bonchev–Trinajstić information content (AvgIpc) is 1.69. The highest BCUT2D eigenvalue weighted by molar-refractivity contribution is 8.93. The van der Waals surface area contributed by atoms with Crippen molar-refractivity contribution >= 4 is 30.3 Å². The van der Waals surface area contributed by atoms with E-state index in [1.165, 1.54) is 5.46 Å². The fourth-order valence-corrected chi connectivity index (χ4v) is 0.426. The number of hydrogen-bond donors (Lipinski definition) is 0. The zero-order chi connectivity index (χ0) is 5.11. The van der Waals surface area contributed by atoms with Gasteiger partial charge >= 0.3 is 0 Å². The Morgan fingerprint density at radius 1 is 1.25 bits per heavy atom. The summed E-state index contributed by atoms with van der Waals surface area (Å²) in [5.41, 5.74) is 1.26. The van der Waals surface area contributed by atoms with Crippen molar-refractivity contribution in [2.75, 3.05) is 0 Å². The maximum Gasteiger partial charge on any atom is 0.139 e. The number of aromatic nitrogens is 1. The quantitative estimate of drug-likeness (QED) is 0.498. The van der Waals surface area contributed by atoms with E-state index in [-0.39, 0.29) is 17.0 Å². The van der Waals surface area contributed by atoms with E-state index in [0.29, 0.717) is 0 Å². The van der Waals surface area contributed by atoms with E-state index in [1.54, 1.807) is 12.4 Å². The first-order valence-electron chi connectivity index (χ1n) is 2.26. The lowest BCUT2D eigenvalue weighted by Gasteiger charge is -1.82. The van der Waals surface area contributed by atoms with Gasteiger partial charge in [0.2, 0.25) is 0 Å². The predicted molar refractivity (Wildman–Crippen MR) is 42.7 cm³/mol. The molecule has 1 rings (SSSR count). The van der Waals surface area contributed by atoms with Gasteiger partial charge in [0.05, 0.1) is 0 Å². The molecule has 0 unspecified atom stereocenters. The molecule has 0 radical (unpaired) electrons. The van der Waals surface area contributed by atoms with Gasteiger partial charge in [0, 0.05) is 12.4 Å². The Morgan fingerprint density at radius 2 is 1.75 bits per heavy atom. The Kier molecular flexibility index (Phi) is 3.53. The Hall–Kier alpha value is -0.305. The summed E-state index contributed by atoms with van der Waals surface area (Å²) in [6, 6.07) is 3.94. The van der Waals surface area contributed by atoms with E-state index in [1.807, 2.05) is 20.0 Å². The van der Waals surface area contributed by atoms with E-state index < -0.39 is 0 Å². The van der Waals surface area contributed by atoms with E-state index in [9.17, 15) is 0 Å². The van der Waals surface area contributed by atoms with Crippen molar-refractivity contribution < 1.29 is 0 Å². The maximum atomic E-state index is 3.85. The van der Waals surface area contributed by atoms with Crippen LogP contribution in [-0.2, 0) is 0 Å². The molecule has 1 aromatic rings. The second-order valence-electron chi connectivity index (χ2n) is 1.52. The normalized spacial score (nSPS) is 7.50. The summed E-state index contributed by atoms with van der Waals surface area (Å²) in [7, 11) is 2.04. The summed E-state index contributed by atoms with van der Waals surface area (Å²) in [5.74, 6) is 0. The monoisotopic (exact) mass is 171 g/mol. The Bertz CT molecular complexity index is 142. The number of nitrogens with zero attached hydrogens (tertiary/aromatic N) is 1. The highest BCUT2D eigenvalue weighted by Crippen LogP contribution is 1.69. The van der Waals surface area contributed by atoms with Crippen molar-refractivity contribution in [1.29, 1.82) is 0 Å². The first-order chi connectivity index (χ1) is 3.39. The highest BCUT2D eigenvalue weighted by Gasteiger charge is 1.73. The summed E-state index contributed by atoms with van der Waals surface area (Å²) in [6.07, 6.45) is 3.57. The SMILES string of the molecule is Bc1ccncc1.Br. The van der Waals surface area contributed by atoms with E-state index >= 15 is 0 Å². The average molecular weight is 172 g/mol. The molecule has 0 aliphatic rings. The minimum atomic E-state index is 0. The molecule has 42 valence electrons. The summed E-state index contributed by atoms with van der Waals surface area (Å²) in [5, 5.41) is 0. The molecule has 0 atom stereocenters. The van der Waals surface area contributed by atoms with Crippen LogP contribution < -0.4 is 5.46 Å². The van der Waals surface area contributed by atoms with Crippen molar-refractivity contribution in [2.45, 2.75) is 0 Å². The van der Waals surface area contributed by atoms with Crippen molar-refractivity contribution in [1.82, 2.24) is 4.98 Å². The van der Waals surface area contributed by atoms with Crippen molar-refractivity contribution in [3.63, 3.8) is 0 Å². The van der Waals surface area contributed by atoms with Gasteiger partial charge < -0.3 is 0 Å². The lowest BCUT2D eigenvalue weighted by atomic mass is 9.99. The molecule has 0 saturated heterocycles. The summed E-state index contributed by atoms with van der Waals surface area (Å²) in [4.78, 5) is 3.85. The standard InChI is InChI=1S/C5H6BN.BrH/c6-5-1-3-7-4-2-5;/h1-4H,6H2;1H. The molecule has 0 bridgehead atoms. The third-order valence-electron chi connectivity index (χ3n) is 0.847. The number of pyridine rings is 1. The molecular formula is C5H7BBrN. The number of halogens is 1. The smallest absolute Gasteiger partial charge is 0.139 e. The summed E-state index contributed by atoms with van der Waals surface area (Å²) in [6.45, 7) is 0. The largest absolute Gasteiger partial charge is 0.265 e. The topological polar surface area (TPSA) is 12.9 Å². The van der Waals surface area contributed by atoms with Gasteiger partial charge in [-0.25, -0.2) is 0 Å². The predicted octanol–water partition coefficient (Wildman–Crippen LogP) is -0.0821. The van der Waals surface area contributed by atoms with Crippen LogP contribution in [0.25, 0.3) is 0 Å².